The zero-order valence-electron chi connectivity index (χ0n) is 21.7. The van der Waals surface area contributed by atoms with Gasteiger partial charge in [-0.3, -0.25) is 0 Å². The molecule has 192 valence electrons. The second-order valence-electron chi connectivity index (χ2n) is 10.2. The summed E-state index contributed by atoms with van der Waals surface area (Å²) < 4.78 is 0. The van der Waals surface area contributed by atoms with Crippen LogP contribution in [0.25, 0.3) is 22.1 Å². The van der Waals surface area contributed by atoms with E-state index in [1.165, 1.54) is 12.8 Å². The van der Waals surface area contributed by atoms with E-state index in [-0.39, 0.29) is 0 Å². The van der Waals surface area contributed by atoms with Crippen LogP contribution in [0.4, 0.5) is 11.6 Å². The van der Waals surface area contributed by atoms with Gasteiger partial charge in [0.2, 0.25) is 0 Å². The van der Waals surface area contributed by atoms with Crippen LogP contribution >= 0.6 is 0 Å². The van der Waals surface area contributed by atoms with Gasteiger partial charge < -0.3 is 30.4 Å². The van der Waals surface area contributed by atoms with Gasteiger partial charge in [-0.1, -0.05) is 13.8 Å². The molecule has 0 saturated carbocycles. The molecule has 2 aliphatic rings. The predicted molar refractivity (Wildman–Crippen MR) is 145 cm³/mol. The first-order chi connectivity index (χ1) is 17.5. The second kappa shape index (κ2) is 10.8. The number of hydrogen-bond acceptors (Lipinski definition) is 8. The molecule has 2 aliphatic heterocycles. The van der Waals surface area contributed by atoms with E-state index in [0.717, 1.165) is 59.9 Å². The molecule has 0 amide bonds. The summed E-state index contributed by atoms with van der Waals surface area (Å²) in [4.78, 5) is 28.2. The number of likely N-dealkylation sites (N-methyl/N-ethyl adjacent to an activating group) is 2. The number of aromatic nitrogens is 6. The Hall–Kier alpha value is -3.24. The third-order valence-corrected chi connectivity index (χ3v) is 7.90. The fourth-order valence-electron chi connectivity index (χ4n) is 5.58. The number of piperidine rings is 2. The van der Waals surface area contributed by atoms with Gasteiger partial charge in [0, 0.05) is 51.7 Å². The van der Waals surface area contributed by atoms with Gasteiger partial charge in [-0.15, -0.1) is 0 Å². The van der Waals surface area contributed by atoms with Gasteiger partial charge in [-0.2, -0.15) is 0 Å². The molecule has 0 spiro atoms. The van der Waals surface area contributed by atoms with Gasteiger partial charge in [0.05, 0.1) is 10.8 Å². The fourth-order valence-corrected chi connectivity index (χ4v) is 5.58. The van der Waals surface area contributed by atoms with Crippen LogP contribution in [0, 0.1) is 11.8 Å². The van der Waals surface area contributed by atoms with E-state index in [9.17, 15) is 0 Å². The zero-order valence-corrected chi connectivity index (χ0v) is 21.7. The Kier molecular flexibility index (Phi) is 7.33. The molecule has 0 aliphatic carbocycles. The van der Waals surface area contributed by atoms with Gasteiger partial charge in [-0.25, -0.2) is 19.9 Å². The van der Waals surface area contributed by atoms with Crippen molar-refractivity contribution in [2.24, 2.45) is 11.8 Å². The van der Waals surface area contributed by atoms with Gasteiger partial charge in [-0.05, 0) is 49.9 Å². The Morgan fingerprint density at radius 3 is 1.56 bits per heavy atom. The third-order valence-electron chi connectivity index (χ3n) is 7.90. The molecule has 6 rings (SSSR count). The van der Waals surface area contributed by atoms with E-state index in [2.05, 4.69) is 78.3 Å². The Balaban J connectivity index is 0.000000148. The smallest absolute Gasteiger partial charge is 0.142 e. The minimum atomic E-state index is 0.492. The van der Waals surface area contributed by atoms with Crippen molar-refractivity contribution in [3.05, 3.63) is 37.2 Å². The summed E-state index contributed by atoms with van der Waals surface area (Å²) in [6, 6.07) is 5.07. The van der Waals surface area contributed by atoms with E-state index in [0.29, 0.717) is 23.9 Å². The van der Waals surface area contributed by atoms with Crippen molar-refractivity contribution in [1.82, 2.24) is 40.5 Å². The average Bonchev–Trinajstić information content (AvgIpc) is 3.58. The lowest BCUT2D eigenvalue weighted by molar-refractivity contribution is 0.337. The van der Waals surface area contributed by atoms with Crippen molar-refractivity contribution < 1.29 is 0 Å². The van der Waals surface area contributed by atoms with Crippen molar-refractivity contribution >= 4 is 33.7 Å². The molecule has 36 heavy (non-hydrogen) atoms. The van der Waals surface area contributed by atoms with E-state index in [1.807, 2.05) is 24.5 Å². The molecular weight excluding hydrogens is 452 g/mol. The van der Waals surface area contributed by atoms with Crippen molar-refractivity contribution in [1.29, 1.82) is 0 Å². The lowest BCUT2D eigenvalue weighted by Crippen LogP contribution is -2.49. The summed E-state index contributed by atoms with van der Waals surface area (Å²) in [7, 11) is 4.26. The quantitative estimate of drug-likeness (QED) is 0.345. The Morgan fingerprint density at radius 1 is 0.694 bits per heavy atom. The zero-order chi connectivity index (χ0) is 25.1. The maximum Gasteiger partial charge on any atom is 0.142 e. The minimum Gasteiger partial charge on any atom is -0.354 e. The number of H-pyrrole nitrogens is 2. The number of hydrogen-bond donors (Lipinski definition) is 4. The van der Waals surface area contributed by atoms with E-state index >= 15 is 0 Å². The molecule has 0 bridgehead atoms. The molecule has 4 atom stereocenters. The summed E-state index contributed by atoms with van der Waals surface area (Å²) >= 11 is 0. The highest BCUT2D eigenvalue weighted by Gasteiger charge is 2.27. The van der Waals surface area contributed by atoms with Gasteiger partial charge >= 0.3 is 0 Å². The van der Waals surface area contributed by atoms with Gasteiger partial charge in [0.25, 0.3) is 0 Å². The minimum absolute atomic E-state index is 0.492. The number of nitrogens with zero attached hydrogens (tertiary/aromatic N) is 6. The summed E-state index contributed by atoms with van der Waals surface area (Å²) in [6.45, 7) is 8.92. The molecule has 10 heteroatoms. The van der Waals surface area contributed by atoms with Crippen molar-refractivity contribution in [3.63, 3.8) is 0 Å². The highest BCUT2D eigenvalue weighted by molar-refractivity contribution is 5.88. The number of anilines is 2. The van der Waals surface area contributed by atoms with E-state index < -0.39 is 0 Å². The van der Waals surface area contributed by atoms with Crippen molar-refractivity contribution in [3.8, 4) is 0 Å². The second-order valence-corrected chi connectivity index (χ2v) is 10.2. The predicted octanol–water partition coefficient (Wildman–Crippen LogP) is 2.78. The summed E-state index contributed by atoms with van der Waals surface area (Å²) in [5.41, 5.74) is 1.81. The molecular formula is C26H38N10. The SMILES string of the molecule is C[C@@H]1CCNC[C@@H]1N(C)c1ncnc2[nH]ccc12.C[C@H]1CCNC[C@H]1N(C)c1ncnc2[nH]ccc12. The van der Waals surface area contributed by atoms with Crippen LogP contribution in [0.15, 0.2) is 37.2 Å². The molecule has 4 N–H and O–H groups in total. The van der Waals surface area contributed by atoms with E-state index in [4.69, 9.17) is 0 Å². The molecule has 2 saturated heterocycles. The lowest BCUT2D eigenvalue weighted by atomic mass is 9.93. The molecule has 0 aromatic carbocycles. The van der Waals surface area contributed by atoms with Crippen LogP contribution in [0.5, 0.6) is 0 Å². The maximum absolute atomic E-state index is 4.46. The molecule has 10 nitrogen and oxygen atoms in total. The average molecular weight is 491 g/mol. The van der Waals surface area contributed by atoms with Crippen LogP contribution in [-0.4, -0.2) is 82.3 Å². The van der Waals surface area contributed by atoms with Crippen LogP contribution < -0.4 is 20.4 Å². The first-order valence-corrected chi connectivity index (χ1v) is 13.0. The third kappa shape index (κ3) is 4.87. The van der Waals surface area contributed by atoms with Crippen molar-refractivity contribution in [2.75, 3.05) is 50.1 Å². The molecule has 0 unspecified atom stereocenters. The summed E-state index contributed by atoms with van der Waals surface area (Å²) in [5.74, 6) is 3.39. The number of aromatic amines is 2. The Morgan fingerprint density at radius 2 is 1.14 bits per heavy atom. The van der Waals surface area contributed by atoms with Crippen LogP contribution in [-0.2, 0) is 0 Å². The first kappa shape index (κ1) is 24.5. The maximum atomic E-state index is 4.46. The Labute approximate surface area is 212 Å². The lowest BCUT2D eigenvalue weighted by Gasteiger charge is -2.37. The van der Waals surface area contributed by atoms with E-state index in [1.54, 1.807) is 12.7 Å². The van der Waals surface area contributed by atoms with Crippen LogP contribution in [0.1, 0.15) is 26.7 Å². The molecule has 2 fully saturated rings. The molecule has 0 radical (unpaired) electrons. The first-order valence-electron chi connectivity index (χ1n) is 13.0. The monoisotopic (exact) mass is 490 g/mol. The normalized spacial score (nSPS) is 24.3. The summed E-state index contributed by atoms with van der Waals surface area (Å²) in [6.07, 6.45) is 9.53. The number of rotatable bonds is 4. The van der Waals surface area contributed by atoms with Crippen molar-refractivity contribution in [2.45, 2.75) is 38.8 Å². The highest BCUT2D eigenvalue weighted by Crippen LogP contribution is 2.27. The molecule has 6 heterocycles. The fraction of sp³-hybridized carbons (Fsp3) is 0.538. The largest absolute Gasteiger partial charge is 0.354 e. The van der Waals surface area contributed by atoms with Gasteiger partial charge in [0.15, 0.2) is 0 Å². The molecule has 4 aromatic rings. The Bertz CT molecular complexity index is 1170. The highest BCUT2D eigenvalue weighted by atomic mass is 15.2. The summed E-state index contributed by atoms with van der Waals surface area (Å²) in [5, 5.41) is 9.12. The number of fused-ring (bicyclic) bond motifs is 2. The number of nitrogens with one attached hydrogen (secondary N) is 4. The van der Waals surface area contributed by atoms with Gasteiger partial charge in [0.1, 0.15) is 35.6 Å². The van der Waals surface area contributed by atoms with Crippen LogP contribution in [0.3, 0.4) is 0 Å². The molecule has 4 aromatic heterocycles. The standard InChI is InChI=1S/2C13H19N5/c2*1-9-3-5-14-7-11(9)18(2)13-10-4-6-15-12(10)16-8-17-13/h2*4,6,8-9,11,14H,3,5,7H2,1-2H3,(H,15,16,17)/t2*9-,11+/m10/s1. The van der Waals surface area contributed by atoms with Crippen LogP contribution in [0.2, 0.25) is 0 Å². The topological polar surface area (TPSA) is 114 Å².